The van der Waals surface area contributed by atoms with Crippen molar-refractivity contribution in [3.05, 3.63) is 82.3 Å². The molecule has 0 aromatic heterocycles. The molecular weight excluding hydrogens is 625 g/mol. The molecule has 0 heterocycles. The fraction of sp³-hybridized carbons (Fsp3) is 0.375. The zero-order valence-electron chi connectivity index (χ0n) is 25.0. The number of anilines is 1. The Morgan fingerprint density at radius 2 is 1.61 bits per heavy atom. The standard InChI is InChI=1S/C32H37Cl2N3O6S/c1-4-28(32(39)35-22-11-8-9-12-22)36(20-25-26(33)15-10-16-27(25)34)31(38)21-37(44(40,41)24-13-6-5-7-14-24)29-19-23(42-2)17-18-30(29)43-3/h5-7,10,13-19,22,28H,4,8-9,11-12,20-21H2,1-3H3,(H,35,39)/t28-/m1/s1. The number of hydrogen-bond acceptors (Lipinski definition) is 6. The first-order chi connectivity index (χ1) is 21.1. The molecule has 3 aromatic rings. The number of carbonyl (C=O) groups excluding carboxylic acids is 2. The lowest BCUT2D eigenvalue weighted by molar-refractivity contribution is -0.140. The second-order valence-corrected chi connectivity index (χ2v) is 13.2. The summed E-state index contributed by atoms with van der Waals surface area (Å²) in [4.78, 5) is 29.4. The molecule has 1 fully saturated rings. The van der Waals surface area contributed by atoms with Gasteiger partial charge in [0.15, 0.2) is 0 Å². The maximum absolute atomic E-state index is 14.4. The van der Waals surface area contributed by atoms with Gasteiger partial charge in [-0.25, -0.2) is 8.42 Å². The maximum atomic E-state index is 14.4. The Bertz CT molecular complexity index is 1550. The number of sulfonamides is 1. The van der Waals surface area contributed by atoms with E-state index in [9.17, 15) is 18.0 Å². The minimum Gasteiger partial charge on any atom is -0.497 e. The van der Waals surface area contributed by atoms with Crippen LogP contribution in [0.5, 0.6) is 11.5 Å². The van der Waals surface area contributed by atoms with Crippen LogP contribution in [0.3, 0.4) is 0 Å². The van der Waals surface area contributed by atoms with Crippen LogP contribution in [0, 0.1) is 0 Å². The molecule has 12 heteroatoms. The van der Waals surface area contributed by atoms with E-state index in [4.69, 9.17) is 32.7 Å². The van der Waals surface area contributed by atoms with Gasteiger partial charge in [0.05, 0.1) is 24.8 Å². The molecule has 1 aliphatic carbocycles. The molecule has 1 atom stereocenters. The smallest absolute Gasteiger partial charge is 0.264 e. The van der Waals surface area contributed by atoms with Gasteiger partial charge in [-0.2, -0.15) is 0 Å². The van der Waals surface area contributed by atoms with E-state index in [1.54, 1.807) is 55.5 Å². The van der Waals surface area contributed by atoms with Gasteiger partial charge in [0, 0.05) is 34.3 Å². The molecular formula is C32H37Cl2N3O6S. The first kappa shape index (κ1) is 33.4. The van der Waals surface area contributed by atoms with Gasteiger partial charge in [0.1, 0.15) is 24.1 Å². The lowest BCUT2D eigenvalue weighted by Crippen LogP contribution is -2.53. The molecule has 0 saturated heterocycles. The molecule has 236 valence electrons. The molecule has 2 amide bonds. The Labute approximate surface area is 269 Å². The number of amides is 2. The zero-order chi connectivity index (χ0) is 31.9. The van der Waals surface area contributed by atoms with Crippen molar-refractivity contribution in [1.29, 1.82) is 0 Å². The SMILES string of the molecule is CC[C@H](C(=O)NC1CCCC1)N(Cc1c(Cl)cccc1Cl)C(=O)CN(c1cc(OC)ccc1OC)S(=O)(=O)c1ccccc1. The highest BCUT2D eigenvalue weighted by Crippen LogP contribution is 2.36. The highest BCUT2D eigenvalue weighted by molar-refractivity contribution is 7.92. The van der Waals surface area contributed by atoms with E-state index in [-0.39, 0.29) is 41.2 Å². The lowest BCUT2D eigenvalue weighted by atomic mass is 10.1. The van der Waals surface area contributed by atoms with Crippen molar-refractivity contribution in [2.75, 3.05) is 25.1 Å². The minimum absolute atomic E-state index is 0.0217. The molecule has 4 rings (SSSR count). The van der Waals surface area contributed by atoms with Crippen molar-refractivity contribution < 1.29 is 27.5 Å². The van der Waals surface area contributed by atoms with E-state index in [0.717, 1.165) is 30.0 Å². The maximum Gasteiger partial charge on any atom is 0.264 e. The van der Waals surface area contributed by atoms with Gasteiger partial charge in [-0.05, 0) is 55.7 Å². The molecule has 1 aliphatic rings. The van der Waals surface area contributed by atoms with Crippen LogP contribution >= 0.6 is 23.2 Å². The number of nitrogens with one attached hydrogen (secondary N) is 1. The first-order valence-electron chi connectivity index (χ1n) is 14.4. The van der Waals surface area contributed by atoms with E-state index in [1.807, 2.05) is 0 Å². The summed E-state index contributed by atoms with van der Waals surface area (Å²) in [5.74, 6) is -0.362. The van der Waals surface area contributed by atoms with Crippen LogP contribution in [-0.2, 0) is 26.2 Å². The Balaban J connectivity index is 1.80. The van der Waals surface area contributed by atoms with Crippen molar-refractivity contribution in [1.82, 2.24) is 10.2 Å². The zero-order valence-corrected chi connectivity index (χ0v) is 27.3. The molecule has 0 bridgehead atoms. The van der Waals surface area contributed by atoms with Crippen LogP contribution in [-0.4, -0.2) is 58.0 Å². The number of benzene rings is 3. The van der Waals surface area contributed by atoms with Crippen LogP contribution in [0.1, 0.15) is 44.6 Å². The summed E-state index contributed by atoms with van der Waals surface area (Å²) < 4.78 is 40.2. The van der Waals surface area contributed by atoms with Crippen LogP contribution < -0.4 is 19.1 Å². The summed E-state index contributed by atoms with van der Waals surface area (Å²) in [7, 11) is -1.44. The predicted octanol–water partition coefficient (Wildman–Crippen LogP) is 6.07. The topological polar surface area (TPSA) is 105 Å². The first-order valence-corrected chi connectivity index (χ1v) is 16.6. The number of hydrogen-bond donors (Lipinski definition) is 1. The summed E-state index contributed by atoms with van der Waals surface area (Å²) in [6.07, 6.45) is 4.05. The fourth-order valence-electron chi connectivity index (χ4n) is 5.37. The number of halogens is 2. The summed E-state index contributed by atoms with van der Waals surface area (Å²) in [5.41, 5.74) is 0.552. The third-order valence-electron chi connectivity index (χ3n) is 7.74. The molecule has 0 unspecified atom stereocenters. The van der Waals surface area contributed by atoms with Gasteiger partial charge < -0.3 is 19.7 Å². The lowest BCUT2D eigenvalue weighted by Gasteiger charge is -2.34. The molecule has 9 nitrogen and oxygen atoms in total. The Hall–Kier alpha value is -3.47. The minimum atomic E-state index is -4.30. The number of nitrogens with zero attached hydrogens (tertiary/aromatic N) is 2. The summed E-state index contributed by atoms with van der Waals surface area (Å²) >= 11 is 13.0. The van der Waals surface area contributed by atoms with E-state index >= 15 is 0 Å². The number of ether oxygens (including phenoxy) is 2. The van der Waals surface area contributed by atoms with E-state index in [2.05, 4.69) is 5.32 Å². The van der Waals surface area contributed by atoms with Gasteiger partial charge in [-0.15, -0.1) is 0 Å². The van der Waals surface area contributed by atoms with Crippen molar-refractivity contribution >= 4 is 50.7 Å². The van der Waals surface area contributed by atoms with E-state index in [1.165, 1.54) is 37.3 Å². The number of methoxy groups -OCH3 is 2. The average molecular weight is 663 g/mol. The second-order valence-electron chi connectivity index (χ2n) is 10.5. The third kappa shape index (κ3) is 7.60. The van der Waals surface area contributed by atoms with Gasteiger partial charge in [0.25, 0.3) is 10.0 Å². The molecule has 0 aliphatic heterocycles. The molecule has 0 radical (unpaired) electrons. The Morgan fingerprint density at radius 1 is 0.955 bits per heavy atom. The van der Waals surface area contributed by atoms with Gasteiger partial charge in [0.2, 0.25) is 11.8 Å². The van der Waals surface area contributed by atoms with Crippen molar-refractivity contribution in [2.45, 2.75) is 62.6 Å². The fourth-order valence-corrected chi connectivity index (χ4v) is 7.32. The number of rotatable bonds is 13. The monoisotopic (exact) mass is 661 g/mol. The molecule has 0 spiro atoms. The number of carbonyl (C=O) groups is 2. The average Bonchev–Trinajstić information content (AvgIpc) is 3.54. The predicted molar refractivity (Wildman–Crippen MR) is 172 cm³/mol. The highest BCUT2D eigenvalue weighted by atomic mass is 35.5. The Morgan fingerprint density at radius 3 is 2.20 bits per heavy atom. The summed E-state index contributed by atoms with van der Waals surface area (Å²) in [6, 6.07) is 16.6. The van der Waals surface area contributed by atoms with Crippen molar-refractivity contribution in [3.8, 4) is 11.5 Å². The third-order valence-corrected chi connectivity index (χ3v) is 10.2. The molecule has 3 aromatic carbocycles. The Kier molecular flexibility index (Phi) is 11.4. The second kappa shape index (κ2) is 15.0. The molecule has 1 saturated carbocycles. The van der Waals surface area contributed by atoms with Gasteiger partial charge >= 0.3 is 0 Å². The van der Waals surface area contributed by atoms with E-state index < -0.39 is 28.5 Å². The molecule has 1 N–H and O–H groups in total. The quantitative estimate of drug-likeness (QED) is 0.238. The normalized spacial score (nSPS) is 14.1. The van der Waals surface area contributed by atoms with Crippen molar-refractivity contribution in [2.24, 2.45) is 0 Å². The van der Waals surface area contributed by atoms with Crippen LogP contribution in [0.15, 0.2) is 71.6 Å². The highest BCUT2D eigenvalue weighted by Gasteiger charge is 2.36. The van der Waals surface area contributed by atoms with E-state index in [0.29, 0.717) is 21.4 Å². The largest absolute Gasteiger partial charge is 0.497 e. The van der Waals surface area contributed by atoms with Gasteiger partial charge in [-0.1, -0.05) is 67.2 Å². The molecule has 44 heavy (non-hydrogen) atoms. The summed E-state index contributed by atoms with van der Waals surface area (Å²) in [6.45, 7) is 1.05. The van der Waals surface area contributed by atoms with Crippen LogP contribution in [0.25, 0.3) is 0 Å². The summed E-state index contributed by atoms with van der Waals surface area (Å²) in [5, 5.41) is 3.73. The van der Waals surface area contributed by atoms with Gasteiger partial charge in [-0.3, -0.25) is 13.9 Å². The van der Waals surface area contributed by atoms with Crippen LogP contribution in [0.2, 0.25) is 10.0 Å². The van der Waals surface area contributed by atoms with Crippen molar-refractivity contribution in [3.63, 3.8) is 0 Å². The van der Waals surface area contributed by atoms with Crippen LogP contribution in [0.4, 0.5) is 5.69 Å².